The van der Waals surface area contributed by atoms with E-state index >= 15 is 0 Å². The smallest absolute Gasteiger partial charge is 0.254 e. The molecule has 1 fully saturated rings. The molecule has 2 heterocycles. The molecule has 2 aromatic carbocycles. The summed E-state index contributed by atoms with van der Waals surface area (Å²) in [6.07, 6.45) is 2.03. The van der Waals surface area contributed by atoms with Crippen molar-refractivity contribution in [3.8, 4) is 11.1 Å². The molecule has 4 rings (SSSR count). The van der Waals surface area contributed by atoms with Crippen molar-refractivity contribution < 1.29 is 14.0 Å². The maximum absolute atomic E-state index is 14.7. The fourth-order valence-electron chi connectivity index (χ4n) is 3.53. The van der Waals surface area contributed by atoms with Crippen LogP contribution in [0.3, 0.4) is 0 Å². The summed E-state index contributed by atoms with van der Waals surface area (Å²) in [6, 6.07) is 15.6. The van der Waals surface area contributed by atoms with E-state index < -0.39 is 11.7 Å². The molecule has 7 heteroatoms. The number of carbonyl (C=O) groups is 2. The highest BCUT2D eigenvalue weighted by Crippen LogP contribution is 2.31. The quantitative estimate of drug-likeness (QED) is 0.609. The number of nitrogen functional groups attached to an aromatic ring is 1. The lowest BCUT2D eigenvalue weighted by Crippen LogP contribution is -2.23. The van der Waals surface area contributed by atoms with Crippen LogP contribution in [0.2, 0.25) is 0 Å². The topological polar surface area (TPSA) is 97.1 Å². The predicted octanol–water partition coefficient (Wildman–Crippen LogP) is 3.00. The summed E-state index contributed by atoms with van der Waals surface area (Å²) < 4.78 is 14.7. The van der Waals surface area contributed by atoms with Gasteiger partial charge in [0.15, 0.2) is 0 Å². The maximum Gasteiger partial charge on any atom is 0.254 e. The van der Waals surface area contributed by atoms with Gasteiger partial charge in [-0.05, 0) is 34.9 Å². The molecular formula is C23H21FN4O2. The average Bonchev–Trinajstić information content (AvgIpc) is 3.19. The SMILES string of the molecule is Nc1ncc(C2CNC(=O)C2)cc1-c1ccc(C(=O)NCc2ccccc2)c(F)c1. The van der Waals surface area contributed by atoms with E-state index in [-0.39, 0.29) is 23.2 Å². The molecule has 0 bridgehead atoms. The Labute approximate surface area is 173 Å². The minimum absolute atomic E-state index is 0.00436. The highest BCUT2D eigenvalue weighted by molar-refractivity contribution is 5.95. The summed E-state index contributed by atoms with van der Waals surface area (Å²) in [4.78, 5) is 28.1. The number of hydrogen-bond acceptors (Lipinski definition) is 4. The first kappa shape index (κ1) is 19.6. The van der Waals surface area contributed by atoms with Gasteiger partial charge >= 0.3 is 0 Å². The minimum atomic E-state index is -0.638. The first-order valence-corrected chi connectivity index (χ1v) is 9.65. The van der Waals surface area contributed by atoms with Crippen LogP contribution in [0.25, 0.3) is 11.1 Å². The van der Waals surface area contributed by atoms with Gasteiger partial charge in [0.1, 0.15) is 11.6 Å². The molecular weight excluding hydrogens is 383 g/mol. The number of amides is 2. The molecule has 30 heavy (non-hydrogen) atoms. The van der Waals surface area contributed by atoms with E-state index in [2.05, 4.69) is 15.6 Å². The lowest BCUT2D eigenvalue weighted by atomic mass is 9.95. The van der Waals surface area contributed by atoms with Crippen molar-refractivity contribution in [1.82, 2.24) is 15.6 Å². The fourth-order valence-corrected chi connectivity index (χ4v) is 3.53. The number of nitrogens with two attached hydrogens (primary N) is 1. The molecule has 3 aromatic rings. The average molecular weight is 404 g/mol. The third kappa shape index (κ3) is 4.15. The zero-order valence-electron chi connectivity index (χ0n) is 16.2. The molecule has 2 amide bonds. The lowest BCUT2D eigenvalue weighted by molar-refractivity contribution is -0.119. The van der Waals surface area contributed by atoms with Crippen LogP contribution >= 0.6 is 0 Å². The second-order valence-electron chi connectivity index (χ2n) is 7.27. The van der Waals surface area contributed by atoms with Crippen molar-refractivity contribution in [2.75, 3.05) is 12.3 Å². The van der Waals surface area contributed by atoms with Gasteiger partial charge < -0.3 is 16.4 Å². The van der Waals surface area contributed by atoms with Crippen molar-refractivity contribution in [1.29, 1.82) is 0 Å². The number of nitrogens with zero attached hydrogens (tertiary/aromatic N) is 1. The molecule has 1 unspecified atom stereocenters. The van der Waals surface area contributed by atoms with Crippen LogP contribution in [0.4, 0.5) is 10.2 Å². The van der Waals surface area contributed by atoms with Crippen molar-refractivity contribution >= 4 is 17.6 Å². The predicted molar refractivity (Wildman–Crippen MR) is 112 cm³/mol. The van der Waals surface area contributed by atoms with Gasteiger partial charge in [0.25, 0.3) is 5.91 Å². The third-order valence-corrected chi connectivity index (χ3v) is 5.21. The fraction of sp³-hybridized carbons (Fsp3) is 0.174. The second-order valence-corrected chi connectivity index (χ2v) is 7.27. The van der Waals surface area contributed by atoms with Crippen LogP contribution in [0.1, 0.15) is 33.8 Å². The number of nitrogens with one attached hydrogen (secondary N) is 2. The lowest BCUT2D eigenvalue weighted by Gasteiger charge is -2.13. The van der Waals surface area contributed by atoms with Gasteiger partial charge in [-0.15, -0.1) is 0 Å². The number of carbonyl (C=O) groups excluding carboxylic acids is 2. The number of rotatable bonds is 5. The zero-order valence-corrected chi connectivity index (χ0v) is 16.2. The Morgan fingerprint density at radius 1 is 1.20 bits per heavy atom. The third-order valence-electron chi connectivity index (χ3n) is 5.21. The summed E-state index contributed by atoms with van der Waals surface area (Å²) in [7, 11) is 0. The van der Waals surface area contributed by atoms with Gasteiger partial charge in [-0.1, -0.05) is 36.4 Å². The molecule has 0 aliphatic carbocycles. The van der Waals surface area contributed by atoms with E-state index in [0.29, 0.717) is 30.6 Å². The van der Waals surface area contributed by atoms with Crippen LogP contribution in [-0.2, 0) is 11.3 Å². The Hall–Kier alpha value is -3.74. The zero-order chi connectivity index (χ0) is 21.1. The summed E-state index contributed by atoms with van der Waals surface area (Å²) in [5.41, 5.74) is 8.86. The van der Waals surface area contributed by atoms with Gasteiger partial charge in [0.05, 0.1) is 5.56 Å². The second kappa shape index (κ2) is 8.32. The number of anilines is 1. The van der Waals surface area contributed by atoms with Gasteiger partial charge in [0.2, 0.25) is 5.91 Å². The number of pyridine rings is 1. The van der Waals surface area contributed by atoms with E-state index in [4.69, 9.17) is 5.73 Å². The van der Waals surface area contributed by atoms with Gasteiger partial charge in [0, 0.05) is 37.2 Å². The Bertz CT molecular complexity index is 1100. The van der Waals surface area contributed by atoms with Crippen molar-refractivity contribution in [3.63, 3.8) is 0 Å². The molecule has 0 radical (unpaired) electrons. The van der Waals surface area contributed by atoms with Crippen LogP contribution in [-0.4, -0.2) is 23.3 Å². The van der Waals surface area contributed by atoms with Crippen LogP contribution in [0.5, 0.6) is 0 Å². The number of benzene rings is 2. The van der Waals surface area contributed by atoms with Crippen LogP contribution in [0, 0.1) is 5.82 Å². The van der Waals surface area contributed by atoms with E-state index in [1.807, 2.05) is 36.4 Å². The first-order valence-electron chi connectivity index (χ1n) is 9.65. The molecule has 6 nitrogen and oxygen atoms in total. The van der Waals surface area contributed by atoms with E-state index in [1.165, 1.54) is 12.1 Å². The van der Waals surface area contributed by atoms with Gasteiger partial charge in [-0.3, -0.25) is 9.59 Å². The summed E-state index contributed by atoms with van der Waals surface area (Å²) in [6.45, 7) is 0.854. The van der Waals surface area contributed by atoms with Crippen molar-refractivity contribution in [2.24, 2.45) is 0 Å². The maximum atomic E-state index is 14.7. The molecule has 4 N–H and O–H groups in total. The highest BCUT2D eigenvalue weighted by Gasteiger charge is 2.24. The number of halogens is 1. The molecule has 1 aromatic heterocycles. The normalized spacial score (nSPS) is 15.6. The van der Waals surface area contributed by atoms with Crippen molar-refractivity contribution in [3.05, 3.63) is 83.3 Å². The van der Waals surface area contributed by atoms with E-state index in [0.717, 1.165) is 11.1 Å². The highest BCUT2D eigenvalue weighted by atomic mass is 19.1. The molecule has 0 spiro atoms. The Morgan fingerprint density at radius 2 is 2.00 bits per heavy atom. The Morgan fingerprint density at radius 3 is 2.70 bits per heavy atom. The standard InChI is InChI=1S/C23H21FN4O2/c24-20-9-15(6-7-18(20)23(30)28-11-14-4-2-1-3-5-14)19-8-16(13-27-22(19)25)17-10-21(29)26-12-17/h1-9,13,17H,10-12H2,(H2,25,27)(H,26,29)(H,28,30). The molecule has 1 saturated heterocycles. The summed E-state index contributed by atoms with van der Waals surface area (Å²) in [5, 5.41) is 5.51. The summed E-state index contributed by atoms with van der Waals surface area (Å²) in [5.74, 6) is -0.858. The summed E-state index contributed by atoms with van der Waals surface area (Å²) >= 11 is 0. The van der Waals surface area contributed by atoms with Crippen LogP contribution < -0.4 is 16.4 Å². The number of aromatic nitrogens is 1. The van der Waals surface area contributed by atoms with Gasteiger partial charge in [-0.2, -0.15) is 0 Å². The van der Waals surface area contributed by atoms with E-state index in [1.54, 1.807) is 12.3 Å². The monoisotopic (exact) mass is 404 g/mol. The van der Waals surface area contributed by atoms with E-state index in [9.17, 15) is 14.0 Å². The molecule has 1 aliphatic rings. The molecule has 1 aliphatic heterocycles. The first-order chi connectivity index (χ1) is 14.5. The largest absolute Gasteiger partial charge is 0.383 e. The molecule has 1 atom stereocenters. The van der Waals surface area contributed by atoms with Gasteiger partial charge in [-0.25, -0.2) is 9.37 Å². The minimum Gasteiger partial charge on any atom is -0.383 e. The Balaban J connectivity index is 1.54. The molecule has 0 saturated carbocycles. The van der Waals surface area contributed by atoms with Crippen molar-refractivity contribution in [2.45, 2.75) is 18.9 Å². The van der Waals surface area contributed by atoms with Crippen LogP contribution in [0.15, 0.2) is 60.8 Å². The Kier molecular flexibility index (Phi) is 5.43. The number of hydrogen-bond donors (Lipinski definition) is 3. The molecule has 152 valence electrons.